The molecule has 0 spiro atoms. The van der Waals surface area contributed by atoms with Crippen molar-refractivity contribution in [2.75, 3.05) is 19.8 Å². The summed E-state index contributed by atoms with van der Waals surface area (Å²) in [5.41, 5.74) is 2.23. The Morgan fingerprint density at radius 1 is 1.44 bits per heavy atom. The van der Waals surface area contributed by atoms with Crippen molar-refractivity contribution in [2.24, 2.45) is 0 Å². The van der Waals surface area contributed by atoms with Crippen molar-refractivity contribution in [1.29, 1.82) is 0 Å². The van der Waals surface area contributed by atoms with Crippen LogP contribution in [0.3, 0.4) is 0 Å². The molecule has 1 atom stereocenters. The van der Waals surface area contributed by atoms with E-state index in [0.29, 0.717) is 26.1 Å². The highest BCUT2D eigenvalue weighted by atomic mass is 31.2. The third-order valence-corrected chi connectivity index (χ3v) is 4.45. The van der Waals surface area contributed by atoms with Crippen molar-refractivity contribution in [3.05, 3.63) is 18.4 Å². The van der Waals surface area contributed by atoms with Crippen LogP contribution >= 0.6 is 7.60 Å². The number of hydrogen-bond donors (Lipinski definition) is 1. The second-order valence-corrected chi connectivity index (χ2v) is 5.44. The Labute approximate surface area is 97.5 Å². The molecule has 0 aliphatic carbocycles. The van der Waals surface area contributed by atoms with Crippen molar-refractivity contribution in [1.82, 2.24) is 0 Å². The average molecular weight is 248 g/mol. The monoisotopic (exact) mass is 248 g/mol. The van der Waals surface area contributed by atoms with Gasteiger partial charge in [0.15, 0.2) is 0 Å². The lowest BCUT2D eigenvalue weighted by Gasteiger charge is -2.23. The van der Waals surface area contributed by atoms with E-state index in [4.69, 9.17) is 14.2 Å². The van der Waals surface area contributed by atoms with Crippen molar-refractivity contribution in [2.45, 2.75) is 32.3 Å². The SMILES string of the molecule is C=C=CC(CCCO)P(=O)(OCC)OCC. The molecule has 0 aromatic rings. The van der Waals surface area contributed by atoms with Gasteiger partial charge in [-0.1, -0.05) is 6.58 Å². The zero-order valence-electron chi connectivity index (χ0n) is 10.0. The van der Waals surface area contributed by atoms with E-state index in [1.165, 1.54) is 0 Å². The Morgan fingerprint density at radius 3 is 2.38 bits per heavy atom. The molecular formula is C11H21O4P. The maximum absolute atomic E-state index is 12.4. The molecule has 0 aromatic carbocycles. The van der Waals surface area contributed by atoms with Crippen LogP contribution in [-0.2, 0) is 13.6 Å². The summed E-state index contributed by atoms with van der Waals surface area (Å²) in [5.74, 6) is 0. The highest BCUT2D eigenvalue weighted by molar-refractivity contribution is 7.54. The van der Waals surface area contributed by atoms with Crippen LogP contribution in [0.5, 0.6) is 0 Å². The van der Waals surface area contributed by atoms with Crippen LogP contribution in [-0.4, -0.2) is 30.6 Å². The van der Waals surface area contributed by atoms with Gasteiger partial charge >= 0.3 is 7.60 Å². The molecule has 0 amide bonds. The molecule has 0 aliphatic rings. The molecule has 0 bridgehead atoms. The molecule has 0 heterocycles. The summed E-state index contributed by atoms with van der Waals surface area (Å²) in [6.07, 6.45) is 2.69. The molecule has 1 unspecified atom stereocenters. The van der Waals surface area contributed by atoms with E-state index in [-0.39, 0.29) is 12.3 Å². The Hall–Kier alpha value is -0.370. The van der Waals surface area contributed by atoms with Crippen molar-refractivity contribution in [3.8, 4) is 0 Å². The fraction of sp³-hybridized carbons (Fsp3) is 0.727. The van der Waals surface area contributed by atoms with E-state index in [9.17, 15) is 4.57 Å². The molecule has 5 heteroatoms. The van der Waals surface area contributed by atoms with Crippen molar-refractivity contribution >= 4 is 7.60 Å². The highest BCUT2D eigenvalue weighted by Gasteiger charge is 2.33. The Balaban J connectivity index is 4.77. The molecule has 0 aliphatic heterocycles. The summed E-state index contributed by atoms with van der Waals surface area (Å²) in [5, 5.41) is 8.79. The van der Waals surface area contributed by atoms with Gasteiger partial charge in [0.1, 0.15) is 0 Å². The molecule has 94 valence electrons. The van der Waals surface area contributed by atoms with Gasteiger partial charge in [0, 0.05) is 6.61 Å². The van der Waals surface area contributed by atoms with Gasteiger partial charge in [-0.05, 0) is 32.8 Å². The molecule has 1 N–H and O–H groups in total. The minimum Gasteiger partial charge on any atom is -0.396 e. The molecular weight excluding hydrogens is 227 g/mol. The molecule has 0 saturated carbocycles. The summed E-state index contributed by atoms with van der Waals surface area (Å²) >= 11 is 0. The Bertz CT molecular complexity index is 261. The number of allylic oxidation sites excluding steroid dienone is 1. The molecule has 0 radical (unpaired) electrons. The van der Waals surface area contributed by atoms with Gasteiger partial charge in [-0.15, -0.1) is 5.73 Å². The summed E-state index contributed by atoms with van der Waals surface area (Å²) < 4.78 is 22.9. The average Bonchev–Trinajstić information content (AvgIpc) is 2.24. The topological polar surface area (TPSA) is 55.8 Å². The van der Waals surface area contributed by atoms with Gasteiger partial charge < -0.3 is 14.2 Å². The lowest BCUT2D eigenvalue weighted by Crippen LogP contribution is -2.11. The van der Waals surface area contributed by atoms with Crippen LogP contribution in [0.2, 0.25) is 0 Å². The third-order valence-electron chi connectivity index (χ3n) is 1.99. The Kier molecular flexibility index (Phi) is 8.54. The van der Waals surface area contributed by atoms with Gasteiger partial charge in [0.05, 0.1) is 18.9 Å². The number of aliphatic hydroxyl groups is 1. The molecule has 4 nitrogen and oxygen atoms in total. The van der Waals surface area contributed by atoms with E-state index in [2.05, 4.69) is 12.3 Å². The lowest BCUT2D eigenvalue weighted by atomic mass is 10.2. The molecule has 0 fully saturated rings. The van der Waals surface area contributed by atoms with Gasteiger partial charge in [-0.2, -0.15) is 0 Å². The van der Waals surface area contributed by atoms with Crippen molar-refractivity contribution in [3.63, 3.8) is 0 Å². The normalized spacial score (nSPS) is 13.2. The lowest BCUT2D eigenvalue weighted by molar-refractivity contribution is 0.212. The molecule has 0 aromatic heterocycles. The zero-order chi connectivity index (χ0) is 12.4. The van der Waals surface area contributed by atoms with Crippen LogP contribution in [0.1, 0.15) is 26.7 Å². The van der Waals surface area contributed by atoms with E-state index in [1.807, 2.05) is 0 Å². The molecule has 0 saturated heterocycles. The maximum atomic E-state index is 12.4. The van der Waals surface area contributed by atoms with Crippen LogP contribution in [0.25, 0.3) is 0 Å². The first-order valence-electron chi connectivity index (χ1n) is 5.50. The predicted octanol–water partition coefficient (Wildman–Crippen LogP) is 2.73. The quantitative estimate of drug-likeness (QED) is 0.503. The van der Waals surface area contributed by atoms with E-state index >= 15 is 0 Å². The van der Waals surface area contributed by atoms with Crippen LogP contribution in [0.4, 0.5) is 0 Å². The fourth-order valence-electron chi connectivity index (χ4n) is 1.36. The van der Waals surface area contributed by atoms with Gasteiger partial charge in [0.25, 0.3) is 0 Å². The minimum atomic E-state index is -3.14. The number of rotatable bonds is 9. The second-order valence-electron chi connectivity index (χ2n) is 3.18. The second kappa shape index (κ2) is 8.74. The summed E-state index contributed by atoms with van der Waals surface area (Å²) in [7, 11) is -3.14. The van der Waals surface area contributed by atoms with Gasteiger partial charge in [0.2, 0.25) is 0 Å². The predicted molar refractivity (Wildman–Crippen MR) is 64.7 cm³/mol. The third kappa shape index (κ3) is 5.11. The first-order chi connectivity index (χ1) is 7.64. The number of hydrogen-bond acceptors (Lipinski definition) is 4. The first-order valence-corrected chi connectivity index (χ1v) is 7.11. The Morgan fingerprint density at radius 2 is 2.00 bits per heavy atom. The van der Waals surface area contributed by atoms with E-state index in [1.54, 1.807) is 19.9 Å². The minimum absolute atomic E-state index is 0.0553. The van der Waals surface area contributed by atoms with Crippen LogP contribution in [0.15, 0.2) is 18.4 Å². The summed E-state index contributed by atoms with van der Waals surface area (Å²) in [6.45, 7) is 7.73. The zero-order valence-corrected chi connectivity index (χ0v) is 10.9. The van der Waals surface area contributed by atoms with E-state index in [0.717, 1.165) is 0 Å². The van der Waals surface area contributed by atoms with E-state index < -0.39 is 7.60 Å². The molecule has 0 rings (SSSR count). The van der Waals surface area contributed by atoms with Gasteiger partial charge in [-0.25, -0.2) is 0 Å². The molecule has 16 heavy (non-hydrogen) atoms. The summed E-state index contributed by atoms with van der Waals surface area (Å²) in [4.78, 5) is 0. The number of aliphatic hydroxyl groups excluding tert-OH is 1. The first kappa shape index (κ1) is 15.6. The largest absolute Gasteiger partial charge is 0.396 e. The smallest absolute Gasteiger partial charge is 0.338 e. The summed E-state index contributed by atoms with van der Waals surface area (Å²) in [6, 6.07) is 0. The standard InChI is InChI=1S/C11H21O4P/c1-4-8-11(9-7-10-12)16(13,14-5-2)15-6-3/h8,11-12H,1,5-7,9-10H2,2-3H3. The van der Waals surface area contributed by atoms with Crippen LogP contribution < -0.4 is 0 Å². The maximum Gasteiger partial charge on any atom is 0.338 e. The van der Waals surface area contributed by atoms with Crippen LogP contribution in [0, 0.1) is 0 Å². The highest BCUT2D eigenvalue weighted by Crippen LogP contribution is 2.54. The fourth-order valence-corrected chi connectivity index (χ4v) is 3.32. The van der Waals surface area contributed by atoms with Crippen molar-refractivity contribution < 1.29 is 18.7 Å². The van der Waals surface area contributed by atoms with Gasteiger partial charge in [-0.3, -0.25) is 4.57 Å².